The zero-order chi connectivity index (χ0) is 23.5. The summed E-state index contributed by atoms with van der Waals surface area (Å²) < 4.78 is 10.8. The summed E-state index contributed by atoms with van der Waals surface area (Å²) in [6.45, 7) is 13.1. The van der Waals surface area contributed by atoms with Crippen LogP contribution in [-0.2, 0) is 9.53 Å². The number of nitrogens with zero attached hydrogens (tertiary/aromatic N) is 3. The number of carbonyl (C=O) groups is 2. The summed E-state index contributed by atoms with van der Waals surface area (Å²) in [7, 11) is 0. The average molecular weight is 444 g/mol. The van der Waals surface area contributed by atoms with E-state index in [0.717, 1.165) is 10.9 Å². The van der Waals surface area contributed by atoms with Gasteiger partial charge in [0.2, 0.25) is 5.91 Å². The van der Waals surface area contributed by atoms with Gasteiger partial charge in [-0.25, -0.2) is 9.59 Å². The highest BCUT2D eigenvalue weighted by atomic mass is 16.6. The fourth-order valence-corrected chi connectivity index (χ4v) is 3.85. The van der Waals surface area contributed by atoms with E-state index in [2.05, 4.69) is 4.90 Å². The van der Waals surface area contributed by atoms with Crippen LogP contribution in [0.2, 0.25) is 0 Å². The lowest BCUT2D eigenvalue weighted by Gasteiger charge is -2.35. The average Bonchev–Trinajstić information content (AvgIpc) is 2.71. The number of piperazine rings is 1. The van der Waals surface area contributed by atoms with Crippen LogP contribution in [0.15, 0.2) is 33.5 Å². The molecule has 8 heteroatoms. The minimum Gasteiger partial charge on any atom is -0.444 e. The molecule has 1 aliphatic heterocycles. The highest BCUT2D eigenvalue weighted by Crippen LogP contribution is 2.24. The number of ether oxygens (including phenoxy) is 1. The molecule has 1 aromatic heterocycles. The summed E-state index contributed by atoms with van der Waals surface area (Å²) in [4.78, 5) is 42.5. The molecule has 0 atom stereocenters. The molecule has 0 aliphatic carbocycles. The van der Waals surface area contributed by atoms with E-state index in [-0.39, 0.29) is 12.0 Å². The normalized spacial score (nSPS) is 15.1. The number of fused-ring (bicyclic) bond motifs is 1. The van der Waals surface area contributed by atoms with Crippen LogP contribution in [-0.4, -0.2) is 66.7 Å². The van der Waals surface area contributed by atoms with Gasteiger partial charge in [0.1, 0.15) is 11.2 Å². The van der Waals surface area contributed by atoms with Crippen molar-refractivity contribution in [1.82, 2.24) is 9.80 Å². The van der Waals surface area contributed by atoms with Crippen molar-refractivity contribution in [1.29, 1.82) is 0 Å². The number of carbonyl (C=O) groups excluding carboxylic acids is 2. The molecule has 0 radical (unpaired) electrons. The minimum atomic E-state index is -0.506. The van der Waals surface area contributed by atoms with E-state index in [1.54, 1.807) is 15.9 Å². The van der Waals surface area contributed by atoms with E-state index < -0.39 is 11.2 Å². The van der Waals surface area contributed by atoms with E-state index >= 15 is 0 Å². The third-order valence-corrected chi connectivity index (χ3v) is 5.53. The predicted molar refractivity (Wildman–Crippen MR) is 124 cm³/mol. The van der Waals surface area contributed by atoms with E-state index in [0.29, 0.717) is 57.0 Å². The lowest BCUT2D eigenvalue weighted by molar-refractivity contribution is -0.119. The van der Waals surface area contributed by atoms with Crippen molar-refractivity contribution in [2.45, 2.75) is 46.6 Å². The van der Waals surface area contributed by atoms with Gasteiger partial charge >= 0.3 is 11.7 Å². The summed E-state index contributed by atoms with van der Waals surface area (Å²) in [5.74, 6) is 0.0106. The maximum atomic E-state index is 12.9. The Morgan fingerprint density at radius 3 is 2.44 bits per heavy atom. The van der Waals surface area contributed by atoms with Crippen molar-refractivity contribution in [2.24, 2.45) is 0 Å². The molecule has 3 rings (SSSR count). The predicted octanol–water partition coefficient (Wildman–Crippen LogP) is 3.40. The number of benzene rings is 1. The highest BCUT2D eigenvalue weighted by molar-refractivity contribution is 5.95. The van der Waals surface area contributed by atoms with E-state index in [1.165, 1.54) is 6.07 Å². The molecule has 2 amide bonds. The lowest BCUT2D eigenvalue weighted by Crippen LogP contribution is -2.50. The Balaban J connectivity index is 1.57. The molecule has 1 saturated heterocycles. The molecule has 2 aromatic rings. The molecule has 0 saturated carbocycles. The third-order valence-electron chi connectivity index (χ3n) is 5.53. The van der Waals surface area contributed by atoms with Gasteiger partial charge in [-0.05, 0) is 52.3 Å². The van der Waals surface area contributed by atoms with Crippen LogP contribution in [0.4, 0.5) is 10.5 Å². The van der Waals surface area contributed by atoms with Gasteiger partial charge in [0, 0.05) is 68.9 Å². The number of amides is 2. The minimum absolute atomic E-state index is 0.0106. The molecule has 32 heavy (non-hydrogen) atoms. The van der Waals surface area contributed by atoms with Crippen LogP contribution in [0.25, 0.3) is 11.0 Å². The maximum Gasteiger partial charge on any atom is 0.410 e. The molecule has 1 aromatic carbocycles. The molecule has 0 unspecified atom stereocenters. The number of anilines is 1. The standard InChI is InChI=1S/C24H33N3O5/c1-6-27(18-7-8-19-17(2)15-22(29)31-20(19)16-18)21(28)9-10-25-11-13-26(14-12-25)23(30)32-24(3,4)5/h7-8,15-16H,6,9-14H2,1-5H3. The first kappa shape index (κ1) is 23.8. The maximum absolute atomic E-state index is 12.9. The van der Waals surface area contributed by atoms with Crippen molar-refractivity contribution in [3.63, 3.8) is 0 Å². The Hall–Kier alpha value is -2.87. The first-order valence-corrected chi connectivity index (χ1v) is 11.1. The number of rotatable bonds is 5. The lowest BCUT2D eigenvalue weighted by atomic mass is 10.1. The SMILES string of the molecule is CCN(C(=O)CCN1CCN(C(=O)OC(C)(C)C)CC1)c1ccc2c(C)cc(=O)oc2c1. The summed E-state index contributed by atoms with van der Waals surface area (Å²) in [5.41, 5.74) is 1.15. The number of hydrogen-bond donors (Lipinski definition) is 0. The molecule has 1 aliphatic rings. The van der Waals surface area contributed by atoms with Gasteiger partial charge in [-0.15, -0.1) is 0 Å². The second kappa shape index (κ2) is 9.73. The molecule has 1 fully saturated rings. The Morgan fingerprint density at radius 2 is 1.81 bits per heavy atom. The molecule has 0 spiro atoms. The Labute approximate surface area is 188 Å². The molecule has 0 N–H and O–H groups in total. The zero-order valence-electron chi connectivity index (χ0n) is 19.6. The van der Waals surface area contributed by atoms with Gasteiger partial charge in [-0.1, -0.05) is 0 Å². The second-order valence-corrected chi connectivity index (χ2v) is 9.13. The topological polar surface area (TPSA) is 83.3 Å². The van der Waals surface area contributed by atoms with Crippen LogP contribution < -0.4 is 10.5 Å². The second-order valence-electron chi connectivity index (χ2n) is 9.13. The van der Waals surface area contributed by atoms with Crippen LogP contribution in [0.1, 0.15) is 39.7 Å². The van der Waals surface area contributed by atoms with E-state index in [1.807, 2.05) is 46.8 Å². The fourth-order valence-electron chi connectivity index (χ4n) is 3.85. The van der Waals surface area contributed by atoms with Gasteiger partial charge in [0.05, 0.1) is 0 Å². The Morgan fingerprint density at radius 1 is 1.12 bits per heavy atom. The molecular weight excluding hydrogens is 410 g/mol. The van der Waals surface area contributed by atoms with E-state index in [9.17, 15) is 14.4 Å². The van der Waals surface area contributed by atoms with Crippen LogP contribution in [0.3, 0.4) is 0 Å². The number of hydrogen-bond acceptors (Lipinski definition) is 6. The van der Waals surface area contributed by atoms with Crippen LogP contribution in [0, 0.1) is 6.92 Å². The van der Waals surface area contributed by atoms with Gasteiger partial charge in [-0.2, -0.15) is 0 Å². The highest BCUT2D eigenvalue weighted by Gasteiger charge is 2.26. The largest absolute Gasteiger partial charge is 0.444 e. The summed E-state index contributed by atoms with van der Waals surface area (Å²) in [6, 6.07) is 6.99. The zero-order valence-corrected chi connectivity index (χ0v) is 19.6. The Bertz CT molecular complexity index is 1030. The number of aryl methyl sites for hydroxylation is 1. The molecule has 2 heterocycles. The quantitative estimate of drug-likeness (QED) is 0.659. The van der Waals surface area contributed by atoms with E-state index in [4.69, 9.17) is 9.15 Å². The van der Waals surface area contributed by atoms with Gasteiger partial charge in [-0.3, -0.25) is 9.69 Å². The van der Waals surface area contributed by atoms with Crippen molar-refractivity contribution >= 4 is 28.7 Å². The monoisotopic (exact) mass is 443 g/mol. The van der Waals surface area contributed by atoms with Gasteiger partial charge in [0.15, 0.2) is 0 Å². The van der Waals surface area contributed by atoms with Crippen molar-refractivity contribution in [3.05, 3.63) is 40.2 Å². The molecule has 0 bridgehead atoms. The first-order chi connectivity index (χ1) is 15.1. The summed E-state index contributed by atoms with van der Waals surface area (Å²) >= 11 is 0. The molecule has 174 valence electrons. The van der Waals surface area contributed by atoms with Crippen molar-refractivity contribution in [2.75, 3.05) is 44.2 Å². The van der Waals surface area contributed by atoms with Crippen LogP contribution >= 0.6 is 0 Å². The van der Waals surface area contributed by atoms with Crippen LogP contribution in [0.5, 0.6) is 0 Å². The first-order valence-electron chi connectivity index (χ1n) is 11.1. The molecule has 8 nitrogen and oxygen atoms in total. The van der Waals surface area contributed by atoms with Crippen molar-refractivity contribution < 1.29 is 18.7 Å². The van der Waals surface area contributed by atoms with Gasteiger partial charge in [0.25, 0.3) is 0 Å². The fraction of sp³-hybridized carbons (Fsp3) is 0.542. The Kier molecular flexibility index (Phi) is 7.23. The van der Waals surface area contributed by atoms with Gasteiger partial charge < -0.3 is 19.0 Å². The van der Waals surface area contributed by atoms with Crippen molar-refractivity contribution in [3.8, 4) is 0 Å². The smallest absolute Gasteiger partial charge is 0.410 e. The summed E-state index contributed by atoms with van der Waals surface area (Å²) in [5, 5.41) is 0.861. The molecular formula is C24H33N3O5. The summed E-state index contributed by atoms with van der Waals surface area (Å²) in [6.07, 6.45) is 0.0828. The third kappa shape index (κ3) is 5.88.